The molecule has 1 unspecified atom stereocenters. The predicted octanol–water partition coefficient (Wildman–Crippen LogP) is 2.09. The van der Waals surface area contributed by atoms with Crippen LogP contribution >= 0.6 is 11.3 Å². The number of carbonyl (C=O) groups is 3. The highest BCUT2D eigenvalue weighted by atomic mass is 32.1. The van der Waals surface area contributed by atoms with Crippen LogP contribution in [0.1, 0.15) is 36.3 Å². The minimum absolute atomic E-state index is 0.00689. The van der Waals surface area contributed by atoms with E-state index in [4.69, 9.17) is 9.26 Å². The van der Waals surface area contributed by atoms with E-state index in [0.717, 1.165) is 24.3 Å². The number of rotatable bonds is 10. The largest absolute Gasteiger partial charge is 0.376 e. The monoisotopic (exact) mass is 434 g/mol. The standard InChI is InChI=1S/C20H26N4O5S/c1-14-10-17(23-29-14)22-18(25)6-7-20(27)24(12-16-5-3-9-30-16)13-19(26)21-11-15-4-2-8-28-15/h3,5,9-10,15H,2,4,6-8,11-13H2,1H3,(H,21,26)(H,22,23,25). The molecule has 9 nitrogen and oxygen atoms in total. The molecule has 0 radical (unpaired) electrons. The van der Waals surface area contributed by atoms with E-state index >= 15 is 0 Å². The molecule has 0 bridgehead atoms. The summed E-state index contributed by atoms with van der Waals surface area (Å²) in [7, 11) is 0. The van der Waals surface area contributed by atoms with Crippen molar-refractivity contribution < 1.29 is 23.6 Å². The Bertz CT molecular complexity index is 845. The summed E-state index contributed by atoms with van der Waals surface area (Å²) in [5, 5.41) is 11.0. The van der Waals surface area contributed by atoms with Gasteiger partial charge in [-0.25, -0.2) is 0 Å². The molecule has 0 saturated carbocycles. The van der Waals surface area contributed by atoms with Gasteiger partial charge in [0.05, 0.1) is 19.2 Å². The zero-order valence-corrected chi connectivity index (χ0v) is 17.7. The van der Waals surface area contributed by atoms with Gasteiger partial charge < -0.3 is 24.8 Å². The Morgan fingerprint density at radius 1 is 1.30 bits per heavy atom. The lowest BCUT2D eigenvalue weighted by Crippen LogP contribution is -2.42. The Morgan fingerprint density at radius 3 is 2.83 bits per heavy atom. The molecule has 30 heavy (non-hydrogen) atoms. The van der Waals surface area contributed by atoms with E-state index in [-0.39, 0.29) is 43.2 Å². The average molecular weight is 435 g/mol. The summed E-state index contributed by atoms with van der Waals surface area (Å²) < 4.78 is 10.4. The van der Waals surface area contributed by atoms with Gasteiger partial charge in [-0.05, 0) is 31.2 Å². The van der Waals surface area contributed by atoms with Crippen LogP contribution in [0.15, 0.2) is 28.1 Å². The molecule has 3 rings (SSSR count). The quantitative estimate of drug-likeness (QED) is 0.592. The molecule has 1 saturated heterocycles. The summed E-state index contributed by atoms with van der Waals surface area (Å²) in [6, 6.07) is 5.41. The van der Waals surface area contributed by atoms with Gasteiger partial charge in [0, 0.05) is 36.9 Å². The highest BCUT2D eigenvalue weighted by molar-refractivity contribution is 7.09. The van der Waals surface area contributed by atoms with Crippen molar-refractivity contribution in [3.63, 3.8) is 0 Å². The number of thiophene rings is 1. The number of nitrogens with one attached hydrogen (secondary N) is 2. The number of hydrogen-bond acceptors (Lipinski definition) is 7. The number of carbonyl (C=O) groups excluding carboxylic acids is 3. The first-order valence-corrected chi connectivity index (χ1v) is 10.8. The second kappa shape index (κ2) is 10.9. The third kappa shape index (κ3) is 6.96. The van der Waals surface area contributed by atoms with Crippen molar-refractivity contribution in [2.45, 2.75) is 45.3 Å². The van der Waals surface area contributed by atoms with E-state index in [1.165, 1.54) is 16.2 Å². The van der Waals surface area contributed by atoms with E-state index in [2.05, 4.69) is 15.8 Å². The molecule has 0 aliphatic carbocycles. The fraction of sp³-hybridized carbons (Fsp3) is 0.500. The molecule has 2 aromatic rings. The average Bonchev–Trinajstić information content (AvgIpc) is 3.48. The zero-order chi connectivity index (χ0) is 21.3. The number of aryl methyl sites for hydroxylation is 1. The predicted molar refractivity (Wildman–Crippen MR) is 111 cm³/mol. The Hall–Kier alpha value is -2.72. The first kappa shape index (κ1) is 22.0. The molecule has 10 heteroatoms. The fourth-order valence-corrected chi connectivity index (χ4v) is 3.81. The third-order valence-corrected chi connectivity index (χ3v) is 5.49. The maximum absolute atomic E-state index is 12.7. The smallest absolute Gasteiger partial charge is 0.239 e. The van der Waals surface area contributed by atoms with E-state index < -0.39 is 0 Å². The van der Waals surface area contributed by atoms with Crippen molar-refractivity contribution in [2.24, 2.45) is 0 Å². The van der Waals surface area contributed by atoms with Gasteiger partial charge in [-0.2, -0.15) is 0 Å². The molecule has 3 heterocycles. The van der Waals surface area contributed by atoms with Gasteiger partial charge in [0.25, 0.3) is 0 Å². The Morgan fingerprint density at radius 2 is 2.17 bits per heavy atom. The van der Waals surface area contributed by atoms with Crippen molar-refractivity contribution in [1.82, 2.24) is 15.4 Å². The molecule has 2 aromatic heterocycles. The van der Waals surface area contributed by atoms with E-state index in [1.54, 1.807) is 13.0 Å². The van der Waals surface area contributed by atoms with Gasteiger partial charge in [0.15, 0.2) is 5.82 Å². The number of hydrogen-bond donors (Lipinski definition) is 2. The van der Waals surface area contributed by atoms with Crippen LogP contribution in [0.3, 0.4) is 0 Å². The second-order valence-electron chi connectivity index (χ2n) is 7.14. The van der Waals surface area contributed by atoms with Crippen LogP contribution in [0.25, 0.3) is 0 Å². The van der Waals surface area contributed by atoms with E-state index in [9.17, 15) is 14.4 Å². The highest BCUT2D eigenvalue weighted by Crippen LogP contribution is 2.14. The summed E-state index contributed by atoms with van der Waals surface area (Å²) in [5.74, 6) is 0.0575. The summed E-state index contributed by atoms with van der Waals surface area (Å²) in [6.07, 6.45) is 1.95. The first-order chi connectivity index (χ1) is 14.5. The Kier molecular flexibility index (Phi) is 7.97. The number of aromatic nitrogens is 1. The molecular formula is C20H26N4O5S. The molecule has 1 atom stereocenters. The number of anilines is 1. The zero-order valence-electron chi connectivity index (χ0n) is 16.9. The topological polar surface area (TPSA) is 114 Å². The third-order valence-electron chi connectivity index (χ3n) is 4.63. The van der Waals surface area contributed by atoms with Crippen LogP contribution in [0.4, 0.5) is 5.82 Å². The molecule has 1 aliphatic heterocycles. The molecule has 0 spiro atoms. The van der Waals surface area contributed by atoms with Gasteiger partial charge in [-0.1, -0.05) is 11.2 Å². The van der Waals surface area contributed by atoms with Crippen LogP contribution in [0, 0.1) is 6.92 Å². The summed E-state index contributed by atoms with van der Waals surface area (Å²) in [5.41, 5.74) is 0. The maximum Gasteiger partial charge on any atom is 0.239 e. The van der Waals surface area contributed by atoms with Crippen LogP contribution in [-0.2, 0) is 25.7 Å². The van der Waals surface area contributed by atoms with Gasteiger partial charge in [-0.3, -0.25) is 14.4 Å². The minimum Gasteiger partial charge on any atom is -0.376 e. The number of ether oxygens (including phenoxy) is 1. The van der Waals surface area contributed by atoms with Crippen molar-refractivity contribution in [3.8, 4) is 0 Å². The molecule has 1 fully saturated rings. The number of nitrogens with zero attached hydrogens (tertiary/aromatic N) is 2. The normalized spacial score (nSPS) is 15.7. The SMILES string of the molecule is Cc1cc(NC(=O)CCC(=O)N(CC(=O)NCC2CCCO2)Cc2cccs2)no1. The van der Waals surface area contributed by atoms with Crippen molar-refractivity contribution in [2.75, 3.05) is 25.0 Å². The molecule has 162 valence electrons. The van der Waals surface area contributed by atoms with Crippen molar-refractivity contribution >= 4 is 34.9 Å². The van der Waals surface area contributed by atoms with Crippen LogP contribution < -0.4 is 10.6 Å². The number of amides is 3. The molecule has 1 aliphatic rings. The van der Waals surface area contributed by atoms with E-state index in [1.807, 2.05) is 17.5 Å². The first-order valence-electron chi connectivity index (χ1n) is 9.91. The van der Waals surface area contributed by atoms with E-state index in [0.29, 0.717) is 24.7 Å². The lowest BCUT2D eigenvalue weighted by atomic mass is 10.2. The Balaban J connectivity index is 1.50. The van der Waals surface area contributed by atoms with Crippen LogP contribution in [0.5, 0.6) is 0 Å². The van der Waals surface area contributed by atoms with Crippen LogP contribution in [0.2, 0.25) is 0 Å². The molecule has 2 N–H and O–H groups in total. The summed E-state index contributed by atoms with van der Waals surface area (Å²) in [6.45, 7) is 3.15. The molecule has 3 amide bonds. The summed E-state index contributed by atoms with van der Waals surface area (Å²) >= 11 is 1.51. The molecular weight excluding hydrogens is 408 g/mol. The second-order valence-corrected chi connectivity index (χ2v) is 8.17. The van der Waals surface area contributed by atoms with Gasteiger partial charge in [-0.15, -0.1) is 11.3 Å². The van der Waals surface area contributed by atoms with Crippen LogP contribution in [-0.4, -0.2) is 53.6 Å². The summed E-state index contributed by atoms with van der Waals surface area (Å²) in [4.78, 5) is 39.6. The highest BCUT2D eigenvalue weighted by Gasteiger charge is 2.21. The fourth-order valence-electron chi connectivity index (χ4n) is 3.09. The van der Waals surface area contributed by atoms with Gasteiger partial charge in [0.2, 0.25) is 17.7 Å². The van der Waals surface area contributed by atoms with Crippen molar-refractivity contribution in [3.05, 3.63) is 34.2 Å². The lowest BCUT2D eigenvalue weighted by molar-refractivity contribution is -0.137. The molecule has 0 aromatic carbocycles. The van der Waals surface area contributed by atoms with Gasteiger partial charge >= 0.3 is 0 Å². The maximum atomic E-state index is 12.7. The van der Waals surface area contributed by atoms with Gasteiger partial charge in [0.1, 0.15) is 5.76 Å². The Labute approximate surface area is 178 Å². The van der Waals surface area contributed by atoms with Crippen molar-refractivity contribution in [1.29, 1.82) is 0 Å². The minimum atomic E-state index is -0.337. The lowest BCUT2D eigenvalue weighted by Gasteiger charge is -2.22.